The molecule has 29 heavy (non-hydrogen) atoms. The highest BCUT2D eigenvalue weighted by atomic mass is 127. The van der Waals surface area contributed by atoms with E-state index in [0.717, 1.165) is 44.2 Å². The Balaban J connectivity index is 0.00000420. The normalized spacial score (nSPS) is 18.9. The van der Waals surface area contributed by atoms with Gasteiger partial charge >= 0.3 is 0 Å². The average molecular weight is 521 g/mol. The summed E-state index contributed by atoms with van der Waals surface area (Å²) in [5, 5.41) is 15.3. The zero-order valence-electron chi connectivity index (χ0n) is 18.7. The lowest BCUT2D eigenvalue weighted by Crippen LogP contribution is -2.49. The van der Waals surface area contributed by atoms with Gasteiger partial charge in [0.2, 0.25) is 0 Å². The minimum Gasteiger partial charge on any atom is -0.376 e. The lowest BCUT2D eigenvalue weighted by atomic mass is 10.1. The van der Waals surface area contributed by atoms with E-state index < -0.39 is 0 Å². The first-order chi connectivity index (χ1) is 13.6. The van der Waals surface area contributed by atoms with E-state index in [1.165, 1.54) is 32.1 Å². The van der Waals surface area contributed by atoms with Gasteiger partial charge in [-0.15, -0.1) is 34.2 Å². The standard InChI is InChI=1S/C21H40N6O.HI/c1-5-7-8-9-11-17(3)24-21(25-18(4)19-12-10-15-28-19)22-13-14-27-16-23-26-20(27)6-2;/h16-19H,5-15H2,1-4H3,(H2,22,24,25);1H. The Hall–Kier alpha value is -0.900. The molecule has 8 heteroatoms. The van der Waals surface area contributed by atoms with E-state index in [-0.39, 0.29) is 36.1 Å². The molecule has 168 valence electrons. The van der Waals surface area contributed by atoms with Crippen molar-refractivity contribution in [2.45, 2.75) is 104 Å². The highest BCUT2D eigenvalue weighted by molar-refractivity contribution is 14.0. The summed E-state index contributed by atoms with van der Waals surface area (Å²) in [6, 6.07) is 0.656. The molecule has 0 radical (unpaired) electrons. The van der Waals surface area contributed by atoms with Gasteiger partial charge in [0.1, 0.15) is 12.2 Å². The van der Waals surface area contributed by atoms with E-state index >= 15 is 0 Å². The smallest absolute Gasteiger partial charge is 0.191 e. The average Bonchev–Trinajstić information content (AvgIpc) is 3.36. The van der Waals surface area contributed by atoms with Crippen LogP contribution < -0.4 is 10.6 Å². The largest absolute Gasteiger partial charge is 0.376 e. The summed E-state index contributed by atoms with van der Waals surface area (Å²) in [6.07, 6.45) is 11.6. The molecule has 1 aromatic rings. The number of rotatable bonds is 12. The zero-order valence-corrected chi connectivity index (χ0v) is 21.0. The Labute approximate surface area is 193 Å². The molecule has 1 aliphatic heterocycles. The van der Waals surface area contributed by atoms with E-state index in [1.54, 1.807) is 6.33 Å². The molecule has 7 nitrogen and oxygen atoms in total. The molecular weight excluding hydrogens is 479 g/mol. The molecule has 0 amide bonds. The van der Waals surface area contributed by atoms with E-state index in [0.29, 0.717) is 12.6 Å². The number of halogens is 1. The number of hydrogen-bond donors (Lipinski definition) is 2. The fourth-order valence-corrected chi connectivity index (χ4v) is 3.63. The number of aryl methyl sites for hydroxylation is 1. The SMILES string of the molecule is CCCCCCC(C)NC(=NCCn1cnnc1CC)NC(C)C1CCCO1.I. The molecule has 0 bridgehead atoms. The van der Waals surface area contributed by atoms with Gasteiger partial charge in [0, 0.05) is 25.6 Å². The van der Waals surface area contributed by atoms with Crippen molar-refractivity contribution in [3.8, 4) is 0 Å². The van der Waals surface area contributed by atoms with Crippen molar-refractivity contribution in [2.24, 2.45) is 4.99 Å². The number of nitrogens with one attached hydrogen (secondary N) is 2. The van der Waals surface area contributed by atoms with Crippen LogP contribution in [0, 0.1) is 0 Å². The van der Waals surface area contributed by atoms with Gasteiger partial charge in [-0.3, -0.25) is 4.99 Å². The molecule has 0 aromatic carbocycles. The first-order valence-corrected chi connectivity index (χ1v) is 11.2. The summed E-state index contributed by atoms with van der Waals surface area (Å²) in [6.45, 7) is 11.1. The van der Waals surface area contributed by atoms with Crippen LogP contribution in [0.2, 0.25) is 0 Å². The Morgan fingerprint density at radius 2 is 2.10 bits per heavy atom. The third kappa shape index (κ3) is 9.63. The van der Waals surface area contributed by atoms with Gasteiger partial charge in [0.25, 0.3) is 0 Å². The molecule has 0 saturated carbocycles. The van der Waals surface area contributed by atoms with Crippen LogP contribution in [0.4, 0.5) is 0 Å². The quantitative estimate of drug-likeness (QED) is 0.189. The molecule has 1 saturated heterocycles. The maximum absolute atomic E-state index is 5.84. The Morgan fingerprint density at radius 3 is 2.79 bits per heavy atom. The lowest BCUT2D eigenvalue weighted by molar-refractivity contribution is 0.0889. The fourth-order valence-electron chi connectivity index (χ4n) is 3.63. The van der Waals surface area contributed by atoms with Crippen molar-refractivity contribution in [1.29, 1.82) is 0 Å². The topological polar surface area (TPSA) is 76.4 Å². The van der Waals surface area contributed by atoms with Crippen LogP contribution >= 0.6 is 24.0 Å². The minimum atomic E-state index is 0. The molecule has 0 spiro atoms. The van der Waals surface area contributed by atoms with Crippen LogP contribution in [0.25, 0.3) is 0 Å². The predicted molar refractivity (Wildman–Crippen MR) is 130 cm³/mol. The Bertz CT molecular complexity index is 573. The van der Waals surface area contributed by atoms with Crippen molar-refractivity contribution < 1.29 is 4.74 Å². The second-order valence-corrected chi connectivity index (χ2v) is 7.90. The second kappa shape index (κ2) is 15.0. The van der Waals surface area contributed by atoms with Crippen molar-refractivity contribution in [1.82, 2.24) is 25.4 Å². The number of ether oxygens (including phenoxy) is 1. The molecular formula is C21H41IN6O. The number of unbranched alkanes of at least 4 members (excludes halogenated alkanes) is 3. The van der Waals surface area contributed by atoms with E-state index in [1.807, 2.05) is 0 Å². The van der Waals surface area contributed by atoms with Gasteiger partial charge in [-0.1, -0.05) is 39.5 Å². The van der Waals surface area contributed by atoms with Crippen molar-refractivity contribution in [3.05, 3.63) is 12.2 Å². The number of aliphatic imine (C=N–C) groups is 1. The zero-order chi connectivity index (χ0) is 20.2. The van der Waals surface area contributed by atoms with E-state index in [9.17, 15) is 0 Å². The van der Waals surface area contributed by atoms with Crippen LogP contribution in [0.5, 0.6) is 0 Å². The monoisotopic (exact) mass is 520 g/mol. The first kappa shape index (κ1) is 26.1. The summed E-state index contributed by atoms with van der Waals surface area (Å²) in [5.74, 6) is 1.90. The highest BCUT2D eigenvalue weighted by Gasteiger charge is 2.23. The maximum Gasteiger partial charge on any atom is 0.191 e. The molecule has 0 aliphatic carbocycles. The van der Waals surface area contributed by atoms with E-state index in [4.69, 9.17) is 9.73 Å². The molecule has 2 heterocycles. The summed E-state index contributed by atoms with van der Waals surface area (Å²) >= 11 is 0. The molecule has 3 unspecified atom stereocenters. The maximum atomic E-state index is 5.84. The molecule has 2 rings (SSSR count). The van der Waals surface area contributed by atoms with Crippen LogP contribution in [0.15, 0.2) is 11.3 Å². The Morgan fingerprint density at radius 1 is 1.28 bits per heavy atom. The highest BCUT2D eigenvalue weighted by Crippen LogP contribution is 2.15. The third-order valence-corrected chi connectivity index (χ3v) is 5.38. The van der Waals surface area contributed by atoms with Crippen molar-refractivity contribution in [2.75, 3.05) is 13.2 Å². The van der Waals surface area contributed by atoms with Gasteiger partial charge in [-0.05, 0) is 33.1 Å². The summed E-state index contributed by atoms with van der Waals surface area (Å²) < 4.78 is 7.92. The van der Waals surface area contributed by atoms with Gasteiger partial charge in [-0.2, -0.15) is 0 Å². The number of nitrogens with zero attached hydrogens (tertiary/aromatic N) is 4. The van der Waals surface area contributed by atoms with E-state index in [2.05, 4.69) is 53.1 Å². The summed E-state index contributed by atoms with van der Waals surface area (Å²) in [4.78, 5) is 4.83. The number of aromatic nitrogens is 3. The lowest BCUT2D eigenvalue weighted by Gasteiger charge is -2.25. The van der Waals surface area contributed by atoms with Gasteiger partial charge in [0.15, 0.2) is 5.96 Å². The molecule has 3 atom stereocenters. The fraction of sp³-hybridized carbons (Fsp3) is 0.857. The van der Waals surface area contributed by atoms with Gasteiger partial charge < -0.3 is 19.9 Å². The first-order valence-electron chi connectivity index (χ1n) is 11.2. The predicted octanol–water partition coefficient (Wildman–Crippen LogP) is 3.92. The third-order valence-electron chi connectivity index (χ3n) is 5.38. The van der Waals surface area contributed by atoms with Crippen LogP contribution in [0.1, 0.15) is 78.5 Å². The van der Waals surface area contributed by atoms with Crippen LogP contribution in [-0.2, 0) is 17.7 Å². The summed E-state index contributed by atoms with van der Waals surface area (Å²) in [5.41, 5.74) is 0. The van der Waals surface area contributed by atoms with Crippen molar-refractivity contribution in [3.63, 3.8) is 0 Å². The second-order valence-electron chi connectivity index (χ2n) is 7.90. The molecule has 2 N–H and O–H groups in total. The van der Waals surface area contributed by atoms with Gasteiger partial charge in [0.05, 0.1) is 18.7 Å². The number of guanidine groups is 1. The van der Waals surface area contributed by atoms with Crippen LogP contribution in [0.3, 0.4) is 0 Å². The number of hydrogen-bond acceptors (Lipinski definition) is 4. The molecule has 1 fully saturated rings. The molecule has 1 aliphatic rings. The van der Waals surface area contributed by atoms with Gasteiger partial charge in [-0.25, -0.2) is 0 Å². The minimum absolute atomic E-state index is 0. The summed E-state index contributed by atoms with van der Waals surface area (Å²) in [7, 11) is 0. The Kier molecular flexibility index (Phi) is 13.5. The van der Waals surface area contributed by atoms with Crippen LogP contribution in [-0.4, -0.2) is 52.1 Å². The molecule has 1 aromatic heterocycles. The van der Waals surface area contributed by atoms with Crippen molar-refractivity contribution >= 4 is 29.9 Å².